The monoisotopic (exact) mass is 345 g/mol. The van der Waals surface area contributed by atoms with E-state index in [1.165, 1.54) is 6.42 Å². The summed E-state index contributed by atoms with van der Waals surface area (Å²) in [4.78, 5) is 15.2. The zero-order valence-corrected chi connectivity index (χ0v) is 15.1. The van der Waals surface area contributed by atoms with E-state index in [2.05, 4.69) is 18.1 Å². The zero-order chi connectivity index (χ0) is 17.9. The van der Waals surface area contributed by atoms with Crippen molar-refractivity contribution >= 4 is 5.91 Å². The first-order valence-corrected chi connectivity index (χ1v) is 9.24. The van der Waals surface area contributed by atoms with Crippen molar-refractivity contribution in [1.82, 2.24) is 14.7 Å². The Morgan fingerprint density at radius 3 is 2.35 bits per heavy atom. The number of hydrogen-bond donors (Lipinski definition) is 0. The highest BCUT2D eigenvalue weighted by molar-refractivity contribution is 6.00. The largest absolute Gasteiger partial charge is 0.339 e. The van der Waals surface area contributed by atoms with Crippen LogP contribution in [-0.4, -0.2) is 33.7 Å². The number of nitrogens with zero attached hydrogens (tertiary/aromatic N) is 3. The van der Waals surface area contributed by atoms with E-state index < -0.39 is 0 Å². The van der Waals surface area contributed by atoms with Gasteiger partial charge >= 0.3 is 0 Å². The first kappa shape index (κ1) is 16.6. The number of rotatable bonds is 3. The molecule has 1 fully saturated rings. The Balaban J connectivity index is 1.85. The maximum Gasteiger partial charge on any atom is 0.257 e. The van der Waals surface area contributed by atoms with Gasteiger partial charge in [0.1, 0.15) is 0 Å². The van der Waals surface area contributed by atoms with Crippen LogP contribution in [0.2, 0.25) is 0 Å². The molecule has 4 rings (SSSR count). The minimum absolute atomic E-state index is 0.0865. The van der Waals surface area contributed by atoms with E-state index in [9.17, 15) is 4.79 Å². The van der Waals surface area contributed by atoms with Crippen LogP contribution in [0.25, 0.3) is 16.9 Å². The highest BCUT2D eigenvalue weighted by Crippen LogP contribution is 2.29. The summed E-state index contributed by atoms with van der Waals surface area (Å²) in [5.41, 5.74) is 4.69. The lowest BCUT2D eigenvalue weighted by Gasteiger charge is -2.26. The second kappa shape index (κ2) is 7.16. The Kier molecular flexibility index (Phi) is 4.57. The van der Waals surface area contributed by atoms with Crippen LogP contribution in [0.1, 0.15) is 35.2 Å². The van der Waals surface area contributed by atoms with Crippen molar-refractivity contribution in [3.05, 3.63) is 71.9 Å². The third kappa shape index (κ3) is 3.03. The molecule has 26 heavy (non-hydrogen) atoms. The van der Waals surface area contributed by atoms with E-state index in [0.717, 1.165) is 48.4 Å². The first-order valence-electron chi connectivity index (χ1n) is 9.24. The molecule has 0 aliphatic carbocycles. The predicted molar refractivity (Wildman–Crippen MR) is 103 cm³/mol. The van der Waals surface area contributed by atoms with Crippen LogP contribution in [0.15, 0.2) is 60.8 Å². The van der Waals surface area contributed by atoms with Crippen LogP contribution in [0.3, 0.4) is 0 Å². The summed E-state index contributed by atoms with van der Waals surface area (Å²) in [6, 6.07) is 18.2. The molecule has 2 aromatic carbocycles. The quantitative estimate of drug-likeness (QED) is 0.702. The molecule has 1 amide bonds. The van der Waals surface area contributed by atoms with Gasteiger partial charge in [0, 0.05) is 18.7 Å². The number of piperidine rings is 1. The lowest BCUT2D eigenvalue weighted by atomic mass is 10.0. The molecule has 1 aliphatic heterocycles. The molecule has 0 saturated carbocycles. The number of likely N-dealkylation sites (tertiary alicyclic amines) is 1. The van der Waals surface area contributed by atoms with Crippen molar-refractivity contribution in [1.29, 1.82) is 0 Å². The summed E-state index contributed by atoms with van der Waals surface area (Å²) in [5.74, 6) is 0.0865. The molecule has 4 nitrogen and oxygen atoms in total. The van der Waals surface area contributed by atoms with E-state index in [0.29, 0.717) is 5.56 Å². The van der Waals surface area contributed by atoms with Crippen LogP contribution in [-0.2, 0) is 0 Å². The van der Waals surface area contributed by atoms with Crippen molar-refractivity contribution in [2.45, 2.75) is 26.2 Å². The molecule has 1 aromatic heterocycles. The highest BCUT2D eigenvalue weighted by atomic mass is 16.2. The van der Waals surface area contributed by atoms with Gasteiger partial charge in [0.2, 0.25) is 0 Å². The number of aryl methyl sites for hydroxylation is 1. The standard InChI is InChI=1S/C22H23N3O/c1-17-10-6-7-13-20(17)25-21(18-11-4-2-5-12-18)19(16-23-25)22(26)24-14-8-3-9-15-24/h2,4-7,10-13,16H,3,8-9,14-15H2,1H3. The molecule has 132 valence electrons. The fraction of sp³-hybridized carbons (Fsp3) is 0.273. The van der Waals surface area contributed by atoms with Crippen molar-refractivity contribution in [2.24, 2.45) is 0 Å². The van der Waals surface area contributed by atoms with Crippen LogP contribution < -0.4 is 0 Å². The van der Waals surface area contributed by atoms with Gasteiger partial charge in [-0.2, -0.15) is 5.10 Å². The maximum atomic E-state index is 13.2. The Bertz CT molecular complexity index is 908. The molecule has 0 spiro atoms. The molecule has 3 aromatic rings. The van der Waals surface area contributed by atoms with E-state index in [1.54, 1.807) is 6.20 Å². The lowest BCUT2D eigenvalue weighted by molar-refractivity contribution is 0.0725. The second-order valence-corrected chi connectivity index (χ2v) is 6.82. The average Bonchev–Trinajstić information content (AvgIpc) is 3.14. The number of aromatic nitrogens is 2. The van der Waals surface area contributed by atoms with Gasteiger partial charge in [-0.3, -0.25) is 4.79 Å². The Morgan fingerprint density at radius 1 is 0.923 bits per heavy atom. The Hall–Kier alpha value is -2.88. The number of carbonyl (C=O) groups is 1. The van der Waals surface area contributed by atoms with Crippen LogP contribution >= 0.6 is 0 Å². The average molecular weight is 345 g/mol. The molecule has 0 radical (unpaired) electrons. The minimum Gasteiger partial charge on any atom is -0.339 e. The molecule has 1 saturated heterocycles. The predicted octanol–water partition coefficient (Wildman–Crippen LogP) is 4.47. The van der Waals surface area contributed by atoms with Gasteiger partial charge in [-0.15, -0.1) is 0 Å². The van der Waals surface area contributed by atoms with Gasteiger partial charge in [0.15, 0.2) is 0 Å². The molecular formula is C22H23N3O. The van der Waals surface area contributed by atoms with Crippen molar-refractivity contribution in [3.8, 4) is 16.9 Å². The minimum atomic E-state index is 0.0865. The van der Waals surface area contributed by atoms with Crippen LogP contribution in [0.5, 0.6) is 0 Å². The van der Waals surface area contributed by atoms with Crippen molar-refractivity contribution < 1.29 is 4.79 Å². The number of para-hydroxylation sites is 1. The fourth-order valence-electron chi connectivity index (χ4n) is 3.63. The fourth-order valence-corrected chi connectivity index (χ4v) is 3.63. The highest BCUT2D eigenvalue weighted by Gasteiger charge is 2.25. The summed E-state index contributed by atoms with van der Waals surface area (Å²) in [5, 5.41) is 4.61. The molecule has 0 bridgehead atoms. The molecular weight excluding hydrogens is 322 g/mol. The van der Waals surface area contributed by atoms with Crippen LogP contribution in [0, 0.1) is 6.92 Å². The molecule has 0 N–H and O–H groups in total. The van der Waals surface area contributed by atoms with Gasteiger partial charge in [0.05, 0.1) is 23.1 Å². The summed E-state index contributed by atoms with van der Waals surface area (Å²) in [6.07, 6.45) is 5.10. The van der Waals surface area contributed by atoms with Gasteiger partial charge in [-0.1, -0.05) is 48.5 Å². The first-order chi connectivity index (χ1) is 12.8. The number of hydrogen-bond acceptors (Lipinski definition) is 2. The van der Waals surface area contributed by atoms with E-state index in [1.807, 2.05) is 58.1 Å². The van der Waals surface area contributed by atoms with Gasteiger partial charge in [0.25, 0.3) is 5.91 Å². The molecule has 0 atom stereocenters. The van der Waals surface area contributed by atoms with Gasteiger partial charge < -0.3 is 4.90 Å². The third-order valence-electron chi connectivity index (χ3n) is 5.03. The van der Waals surface area contributed by atoms with E-state index in [-0.39, 0.29) is 5.91 Å². The molecule has 1 aliphatic rings. The summed E-state index contributed by atoms with van der Waals surface area (Å²) >= 11 is 0. The normalized spacial score (nSPS) is 14.4. The zero-order valence-electron chi connectivity index (χ0n) is 15.1. The third-order valence-corrected chi connectivity index (χ3v) is 5.03. The Morgan fingerprint density at radius 2 is 1.62 bits per heavy atom. The SMILES string of the molecule is Cc1ccccc1-n1ncc(C(=O)N2CCCCC2)c1-c1ccccc1. The smallest absolute Gasteiger partial charge is 0.257 e. The second-order valence-electron chi connectivity index (χ2n) is 6.82. The number of amides is 1. The van der Waals surface area contributed by atoms with Crippen molar-refractivity contribution in [3.63, 3.8) is 0 Å². The van der Waals surface area contributed by atoms with Gasteiger partial charge in [-0.25, -0.2) is 4.68 Å². The summed E-state index contributed by atoms with van der Waals surface area (Å²) in [6.45, 7) is 3.74. The van der Waals surface area contributed by atoms with E-state index in [4.69, 9.17) is 0 Å². The van der Waals surface area contributed by atoms with Gasteiger partial charge in [-0.05, 0) is 37.8 Å². The topological polar surface area (TPSA) is 38.1 Å². The van der Waals surface area contributed by atoms with Crippen molar-refractivity contribution in [2.75, 3.05) is 13.1 Å². The van der Waals surface area contributed by atoms with E-state index >= 15 is 0 Å². The van der Waals surface area contributed by atoms with Crippen LogP contribution in [0.4, 0.5) is 0 Å². The summed E-state index contributed by atoms with van der Waals surface area (Å²) < 4.78 is 1.90. The number of carbonyl (C=O) groups excluding carboxylic acids is 1. The lowest BCUT2D eigenvalue weighted by Crippen LogP contribution is -2.35. The maximum absolute atomic E-state index is 13.2. The molecule has 4 heteroatoms. The molecule has 0 unspecified atom stereocenters. The summed E-state index contributed by atoms with van der Waals surface area (Å²) in [7, 11) is 0. The Labute approximate surface area is 154 Å². The molecule has 2 heterocycles. The number of benzene rings is 2.